The molecule has 6 aliphatic rings. The molecule has 2 aliphatic carbocycles. The first-order valence-corrected chi connectivity index (χ1v) is 22.6. The zero-order chi connectivity index (χ0) is 43.9. The third-order valence-corrected chi connectivity index (χ3v) is 14.2. The number of carbonyl (C=O) groups is 4. The largest absolute Gasteiger partial charge is 0.453 e. The van der Waals surface area contributed by atoms with Crippen LogP contribution < -0.4 is 10.6 Å². The molecule has 4 aliphatic heterocycles. The van der Waals surface area contributed by atoms with E-state index in [9.17, 15) is 19.2 Å². The van der Waals surface area contributed by atoms with E-state index in [2.05, 4.69) is 32.4 Å². The third-order valence-electron chi connectivity index (χ3n) is 14.2. The highest BCUT2D eigenvalue weighted by Crippen LogP contribution is 2.55. The van der Waals surface area contributed by atoms with Crippen molar-refractivity contribution in [1.82, 2.24) is 40.4 Å². The SMILES string of the molecule is COC(=O)N[C@H](C(=O)N1[C@@H]2C[C@@H]2C[C@H]1c1ncc(-c2cccc(C#Cc3cccc(-c4cnc([C@@H]5C[C@H]6C[C@H]6N5C(=O)[C@@H](NC(=O)OC)C5CCOCC5)[nH]4)c3)c2)[nH]1)C1CCOCC1. The molecule has 0 bridgehead atoms. The first-order valence-electron chi connectivity index (χ1n) is 22.6. The topological polar surface area (TPSA) is 193 Å². The molecule has 2 aromatic heterocycles. The van der Waals surface area contributed by atoms with Crippen LogP contribution in [-0.4, -0.2) is 119 Å². The number of alkyl carbamates (subject to hydrolysis) is 2. The van der Waals surface area contributed by atoms with Gasteiger partial charge in [0.2, 0.25) is 11.8 Å². The minimum absolute atomic E-state index is 0.0338. The monoisotopic (exact) mass is 870 g/mol. The maximum Gasteiger partial charge on any atom is 0.407 e. The molecule has 4 amide bonds. The van der Waals surface area contributed by atoms with Crippen LogP contribution in [-0.2, 0) is 28.5 Å². The molecule has 4 N–H and O–H groups in total. The normalized spacial score (nSPS) is 25.8. The van der Waals surface area contributed by atoms with E-state index < -0.39 is 24.3 Å². The molecule has 8 atom stereocenters. The maximum atomic E-state index is 14.3. The lowest BCUT2D eigenvalue weighted by molar-refractivity contribution is -0.138. The van der Waals surface area contributed by atoms with Crippen LogP contribution in [0.1, 0.15) is 86.2 Å². The van der Waals surface area contributed by atoms with Crippen LogP contribution in [0.3, 0.4) is 0 Å². The Labute approximate surface area is 371 Å². The standard InChI is InChI=1S/C48H54N8O8/c1-61-47(59)53-41(29-11-15-63-16-12-29)45(57)55-37-21-33(37)23-39(55)43-49-25-35(51-43)31-7-3-5-27(19-31)9-10-28-6-4-8-32(20-28)36-26-50-44(52-36)40-24-34-22-38(34)56(40)46(58)42(54-48(60)62-2)30-13-17-64-18-14-30/h3-8,19-20,25-26,29-30,33-34,37-42H,11-18,21-24H2,1-2H3,(H,49,51)(H,50,52)(H,53,59)(H,54,60)/t33-,34-,37-,38-,39+,40+,41+,42+/m1/s1. The number of methoxy groups -OCH3 is 2. The lowest BCUT2D eigenvalue weighted by Gasteiger charge is -2.35. The zero-order valence-electron chi connectivity index (χ0n) is 36.1. The lowest BCUT2D eigenvalue weighted by atomic mass is 9.90. The number of likely N-dealkylation sites (tertiary alicyclic amines) is 2. The Bertz CT molecular complexity index is 2300. The minimum atomic E-state index is -0.689. The molecule has 0 spiro atoms. The molecule has 4 saturated heterocycles. The molecular weight excluding hydrogens is 817 g/mol. The summed E-state index contributed by atoms with van der Waals surface area (Å²) in [4.78, 5) is 73.8. The van der Waals surface area contributed by atoms with Gasteiger partial charge in [0.15, 0.2) is 0 Å². The van der Waals surface area contributed by atoms with Gasteiger partial charge in [0.1, 0.15) is 23.7 Å². The number of carbonyl (C=O) groups excluding carboxylic acids is 4. The number of hydrogen-bond donors (Lipinski definition) is 4. The van der Waals surface area contributed by atoms with Gasteiger partial charge >= 0.3 is 12.2 Å². The van der Waals surface area contributed by atoms with Crippen LogP contribution in [0.2, 0.25) is 0 Å². The second-order valence-corrected chi connectivity index (χ2v) is 18.0. The molecule has 0 unspecified atom stereocenters. The molecule has 16 heteroatoms. The highest BCUT2D eigenvalue weighted by Gasteiger charge is 2.58. The number of amides is 4. The molecule has 2 aromatic carbocycles. The van der Waals surface area contributed by atoms with Crippen molar-refractivity contribution in [3.63, 3.8) is 0 Å². The summed E-state index contributed by atoms with van der Waals surface area (Å²) in [7, 11) is 2.63. The fraction of sp³-hybridized carbons (Fsp3) is 0.500. The summed E-state index contributed by atoms with van der Waals surface area (Å²) in [6.07, 6.45) is 8.73. The van der Waals surface area contributed by atoms with Gasteiger partial charge in [0.25, 0.3) is 0 Å². The highest BCUT2D eigenvalue weighted by atomic mass is 16.5. The lowest BCUT2D eigenvalue weighted by Crippen LogP contribution is -2.54. The summed E-state index contributed by atoms with van der Waals surface area (Å²) in [6.45, 7) is 2.23. The number of nitrogens with one attached hydrogen (secondary N) is 4. The second-order valence-electron chi connectivity index (χ2n) is 18.0. The van der Waals surface area contributed by atoms with E-state index in [-0.39, 0.29) is 47.8 Å². The number of aromatic amines is 2. The number of benzene rings is 2. The van der Waals surface area contributed by atoms with Gasteiger partial charge < -0.3 is 49.3 Å². The van der Waals surface area contributed by atoms with Gasteiger partial charge in [-0.15, -0.1) is 0 Å². The quantitative estimate of drug-likeness (QED) is 0.148. The third kappa shape index (κ3) is 8.46. The Morgan fingerprint density at radius 3 is 1.48 bits per heavy atom. The van der Waals surface area contributed by atoms with Crippen LogP contribution in [0, 0.1) is 35.5 Å². The number of rotatable bonds is 10. The zero-order valence-corrected chi connectivity index (χ0v) is 36.1. The number of hydrogen-bond acceptors (Lipinski definition) is 10. The highest BCUT2D eigenvalue weighted by molar-refractivity contribution is 5.88. The van der Waals surface area contributed by atoms with Crippen molar-refractivity contribution in [1.29, 1.82) is 0 Å². The summed E-state index contributed by atoms with van der Waals surface area (Å²) in [6, 6.07) is 14.4. The molecule has 6 fully saturated rings. The molecule has 16 nitrogen and oxygen atoms in total. The van der Waals surface area contributed by atoms with Crippen molar-refractivity contribution in [2.24, 2.45) is 23.7 Å². The van der Waals surface area contributed by atoms with Crippen molar-refractivity contribution >= 4 is 24.0 Å². The Balaban J connectivity index is 0.826. The van der Waals surface area contributed by atoms with Gasteiger partial charge in [-0.1, -0.05) is 36.1 Å². The van der Waals surface area contributed by atoms with E-state index in [4.69, 9.17) is 28.9 Å². The van der Waals surface area contributed by atoms with E-state index in [1.807, 2.05) is 70.7 Å². The van der Waals surface area contributed by atoms with Crippen molar-refractivity contribution in [3.05, 3.63) is 83.7 Å². The fourth-order valence-electron chi connectivity index (χ4n) is 10.6. The summed E-state index contributed by atoms with van der Waals surface area (Å²) in [5, 5.41) is 5.70. The van der Waals surface area contributed by atoms with Crippen molar-refractivity contribution in [2.75, 3.05) is 40.6 Å². The Morgan fingerprint density at radius 1 is 0.656 bits per heavy atom. The smallest absolute Gasteiger partial charge is 0.407 e. The first-order chi connectivity index (χ1) is 31.3. The van der Waals surface area contributed by atoms with Gasteiger partial charge in [0, 0.05) is 60.8 Å². The molecule has 64 heavy (non-hydrogen) atoms. The Hall–Kier alpha value is -6.18. The van der Waals surface area contributed by atoms with Gasteiger partial charge in [-0.25, -0.2) is 19.6 Å². The fourth-order valence-corrected chi connectivity index (χ4v) is 10.6. The predicted octanol–water partition coefficient (Wildman–Crippen LogP) is 5.49. The first kappa shape index (κ1) is 41.8. The van der Waals surface area contributed by atoms with Gasteiger partial charge in [-0.3, -0.25) is 9.59 Å². The number of piperidine rings is 2. The van der Waals surface area contributed by atoms with Gasteiger partial charge in [-0.05, 0) is 99.3 Å². The van der Waals surface area contributed by atoms with E-state index in [0.29, 0.717) is 63.9 Å². The number of aromatic nitrogens is 4. The summed E-state index contributed by atoms with van der Waals surface area (Å²) in [5.74, 6) is 8.72. The molecule has 2 saturated carbocycles. The second kappa shape index (κ2) is 17.8. The molecule has 0 radical (unpaired) electrons. The predicted molar refractivity (Wildman–Crippen MR) is 232 cm³/mol. The van der Waals surface area contributed by atoms with Crippen LogP contribution in [0.4, 0.5) is 9.59 Å². The van der Waals surface area contributed by atoms with E-state index in [1.165, 1.54) is 14.2 Å². The Kier molecular flexibility index (Phi) is 11.6. The van der Waals surface area contributed by atoms with Crippen LogP contribution in [0.25, 0.3) is 22.5 Å². The molecule has 4 aromatic rings. The average molecular weight is 871 g/mol. The van der Waals surface area contributed by atoms with E-state index in [0.717, 1.165) is 71.0 Å². The Morgan fingerprint density at radius 2 is 1.08 bits per heavy atom. The van der Waals surface area contributed by atoms with E-state index >= 15 is 0 Å². The van der Waals surface area contributed by atoms with E-state index in [1.54, 1.807) is 0 Å². The van der Waals surface area contributed by atoms with Crippen LogP contribution in [0.5, 0.6) is 0 Å². The number of imidazole rings is 2. The minimum Gasteiger partial charge on any atom is -0.453 e. The molecule has 334 valence electrons. The number of ether oxygens (including phenoxy) is 4. The maximum absolute atomic E-state index is 14.3. The summed E-state index contributed by atoms with van der Waals surface area (Å²) >= 11 is 0. The number of fused-ring (bicyclic) bond motifs is 2. The molecule has 10 rings (SSSR count). The van der Waals surface area contributed by atoms with Crippen molar-refractivity contribution in [2.45, 2.75) is 87.6 Å². The molecular formula is C48H54N8O8. The van der Waals surface area contributed by atoms with Crippen molar-refractivity contribution in [3.8, 4) is 34.4 Å². The number of nitrogens with zero attached hydrogens (tertiary/aromatic N) is 4. The number of H-pyrrole nitrogens is 2. The summed E-state index contributed by atoms with van der Waals surface area (Å²) < 4.78 is 20.9. The van der Waals surface area contributed by atoms with Crippen LogP contribution >= 0.6 is 0 Å². The van der Waals surface area contributed by atoms with Gasteiger partial charge in [0.05, 0.1) is 50.1 Å². The van der Waals surface area contributed by atoms with Crippen LogP contribution in [0.15, 0.2) is 60.9 Å². The average Bonchev–Trinajstić information content (AvgIpc) is 3.91. The van der Waals surface area contributed by atoms with Gasteiger partial charge in [-0.2, -0.15) is 0 Å². The summed E-state index contributed by atoms with van der Waals surface area (Å²) in [5.41, 5.74) is 5.18. The van der Waals surface area contributed by atoms with Crippen molar-refractivity contribution < 1.29 is 38.1 Å². The molecule has 6 heterocycles.